The molecule has 0 amide bonds. The normalized spacial score (nSPS) is 13.8. The number of methoxy groups -OCH3 is 1. The van der Waals surface area contributed by atoms with Crippen LogP contribution in [0, 0.1) is 0 Å². The first-order valence-corrected chi connectivity index (χ1v) is 8.93. The summed E-state index contributed by atoms with van der Waals surface area (Å²) in [7, 11) is 3.79. The van der Waals surface area contributed by atoms with Crippen molar-refractivity contribution >= 4 is 5.82 Å². The second-order valence-corrected chi connectivity index (χ2v) is 6.54. The van der Waals surface area contributed by atoms with E-state index in [9.17, 15) is 0 Å². The molecule has 132 valence electrons. The standard InChI is InChI=1S/C21H22N4O/c1-25-13-4-3-6-17-18(20-22-11-5-12-23-20)14-19(24-21(17)25)15-7-9-16(26-2)10-8-15/h5,7-12,14H,3-4,6,13H2,1-2H3. The Labute approximate surface area is 153 Å². The Morgan fingerprint density at radius 3 is 2.54 bits per heavy atom. The zero-order valence-electron chi connectivity index (χ0n) is 15.1. The molecule has 0 N–H and O–H groups in total. The first-order valence-electron chi connectivity index (χ1n) is 8.93. The van der Waals surface area contributed by atoms with E-state index in [-0.39, 0.29) is 0 Å². The number of aromatic nitrogens is 3. The van der Waals surface area contributed by atoms with Gasteiger partial charge in [-0.2, -0.15) is 0 Å². The van der Waals surface area contributed by atoms with Crippen LogP contribution in [0.15, 0.2) is 48.8 Å². The van der Waals surface area contributed by atoms with E-state index in [4.69, 9.17) is 9.72 Å². The molecule has 1 aliphatic heterocycles. The van der Waals surface area contributed by atoms with Gasteiger partial charge in [0.05, 0.1) is 12.8 Å². The number of pyridine rings is 1. The van der Waals surface area contributed by atoms with Crippen LogP contribution < -0.4 is 9.64 Å². The van der Waals surface area contributed by atoms with Crippen molar-refractivity contribution in [2.45, 2.75) is 19.3 Å². The summed E-state index contributed by atoms with van der Waals surface area (Å²) in [6, 6.07) is 12.0. The van der Waals surface area contributed by atoms with Crippen molar-refractivity contribution in [3.05, 3.63) is 54.4 Å². The lowest BCUT2D eigenvalue weighted by atomic mass is 10.00. The summed E-state index contributed by atoms with van der Waals surface area (Å²) >= 11 is 0. The largest absolute Gasteiger partial charge is 0.497 e. The van der Waals surface area contributed by atoms with Gasteiger partial charge in [-0.25, -0.2) is 15.0 Å². The summed E-state index contributed by atoms with van der Waals surface area (Å²) in [6.45, 7) is 1.02. The van der Waals surface area contributed by atoms with E-state index < -0.39 is 0 Å². The van der Waals surface area contributed by atoms with Crippen molar-refractivity contribution in [2.24, 2.45) is 0 Å². The smallest absolute Gasteiger partial charge is 0.159 e. The summed E-state index contributed by atoms with van der Waals surface area (Å²) < 4.78 is 5.27. The fourth-order valence-electron chi connectivity index (χ4n) is 3.42. The fraction of sp³-hybridized carbons (Fsp3) is 0.286. The van der Waals surface area contributed by atoms with Crippen molar-refractivity contribution < 1.29 is 4.74 Å². The molecular weight excluding hydrogens is 324 g/mol. The van der Waals surface area contributed by atoms with Crippen molar-refractivity contribution in [2.75, 3.05) is 25.6 Å². The van der Waals surface area contributed by atoms with Gasteiger partial charge in [0.1, 0.15) is 11.6 Å². The third kappa shape index (κ3) is 3.12. The molecule has 5 nitrogen and oxygen atoms in total. The highest BCUT2D eigenvalue weighted by molar-refractivity contribution is 5.75. The summed E-state index contributed by atoms with van der Waals surface area (Å²) in [5, 5.41) is 0. The Kier molecular flexibility index (Phi) is 4.52. The molecule has 0 unspecified atom stereocenters. The van der Waals surface area contributed by atoms with Crippen molar-refractivity contribution in [1.29, 1.82) is 0 Å². The fourth-order valence-corrected chi connectivity index (χ4v) is 3.42. The van der Waals surface area contributed by atoms with Crippen LogP contribution in [0.3, 0.4) is 0 Å². The van der Waals surface area contributed by atoms with Gasteiger partial charge in [-0.1, -0.05) is 0 Å². The second-order valence-electron chi connectivity index (χ2n) is 6.54. The average molecular weight is 346 g/mol. The number of hydrogen-bond donors (Lipinski definition) is 0. The van der Waals surface area contributed by atoms with Gasteiger partial charge in [-0.05, 0) is 55.7 Å². The minimum Gasteiger partial charge on any atom is -0.497 e. The Bertz CT molecular complexity index is 894. The van der Waals surface area contributed by atoms with E-state index in [1.807, 2.05) is 30.3 Å². The predicted octanol–water partition coefficient (Wildman–Crippen LogP) is 3.99. The molecule has 0 aliphatic carbocycles. The molecule has 1 aliphatic rings. The first-order chi connectivity index (χ1) is 12.8. The predicted molar refractivity (Wildman–Crippen MR) is 103 cm³/mol. The molecule has 0 saturated carbocycles. The number of rotatable bonds is 3. The summed E-state index contributed by atoms with van der Waals surface area (Å²) in [5.74, 6) is 2.64. The minimum absolute atomic E-state index is 0.760. The van der Waals surface area contributed by atoms with Crippen LogP contribution in [-0.2, 0) is 6.42 Å². The van der Waals surface area contributed by atoms with Gasteiger partial charge in [0, 0.05) is 42.7 Å². The number of ether oxygens (including phenoxy) is 1. The maximum atomic E-state index is 5.27. The first kappa shape index (κ1) is 16.5. The van der Waals surface area contributed by atoms with Gasteiger partial charge in [-0.3, -0.25) is 0 Å². The number of nitrogens with zero attached hydrogens (tertiary/aromatic N) is 4. The van der Waals surface area contributed by atoms with Crippen LogP contribution in [0.25, 0.3) is 22.6 Å². The molecule has 2 aromatic heterocycles. The monoisotopic (exact) mass is 346 g/mol. The highest BCUT2D eigenvalue weighted by Crippen LogP contribution is 2.35. The molecule has 4 rings (SSSR count). The third-order valence-corrected chi connectivity index (χ3v) is 4.83. The van der Waals surface area contributed by atoms with Crippen molar-refractivity contribution in [1.82, 2.24) is 15.0 Å². The molecule has 0 fully saturated rings. The lowest BCUT2D eigenvalue weighted by Gasteiger charge is -2.21. The van der Waals surface area contributed by atoms with E-state index in [0.29, 0.717) is 0 Å². The highest BCUT2D eigenvalue weighted by Gasteiger charge is 2.21. The van der Waals surface area contributed by atoms with E-state index in [2.05, 4.69) is 28.0 Å². The molecular formula is C21H22N4O. The van der Waals surface area contributed by atoms with Crippen LogP contribution >= 0.6 is 0 Å². The Morgan fingerprint density at radius 1 is 1.04 bits per heavy atom. The molecule has 1 aromatic carbocycles. The second kappa shape index (κ2) is 7.12. The lowest BCUT2D eigenvalue weighted by Crippen LogP contribution is -2.19. The molecule has 0 bridgehead atoms. The Morgan fingerprint density at radius 2 is 1.81 bits per heavy atom. The minimum atomic E-state index is 0.760. The van der Waals surface area contributed by atoms with Gasteiger partial charge in [0.25, 0.3) is 0 Å². The number of hydrogen-bond acceptors (Lipinski definition) is 5. The molecule has 0 spiro atoms. The maximum Gasteiger partial charge on any atom is 0.159 e. The maximum absolute atomic E-state index is 5.27. The van der Waals surface area contributed by atoms with Crippen LogP contribution in [0.2, 0.25) is 0 Å². The lowest BCUT2D eigenvalue weighted by molar-refractivity contribution is 0.415. The molecule has 3 heterocycles. The number of benzene rings is 1. The van der Waals surface area contributed by atoms with Crippen LogP contribution in [-0.4, -0.2) is 35.7 Å². The van der Waals surface area contributed by atoms with Crippen LogP contribution in [0.1, 0.15) is 18.4 Å². The molecule has 0 atom stereocenters. The average Bonchev–Trinajstić information content (AvgIpc) is 2.89. The molecule has 26 heavy (non-hydrogen) atoms. The molecule has 5 heteroatoms. The van der Waals surface area contributed by atoms with Crippen LogP contribution in [0.4, 0.5) is 5.82 Å². The topological polar surface area (TPSA) is 51.1 Å². The zero-order chi connectivity index (χ0) is 17.9. The van der Waals surface area contributed by atoms with Gasteiger partial charge in [0.15, 0.2) is 5.82 Å². The molecule has 3 aromatic rings. The molecule has 0 saturated heterocycles. The van der Waals surface area contributed by atoms with E-state index >= 15 is 0 Å². The Hall–Kier alpha value is -2.95. The van der Waals surface area contributed by atoms with Crippen LogP contribution in [0.5, 0.6) is 5.75 Å². The van der Waals surface area contributed by atoms with Crippen molar-refractivity contribution in [3.8, 4) is 28.4 Å². The Balaban J connectivity index is 1.90. The zero-order valence-corrected chi connectivity index (χ0v) is 15.1. The van der Waals surface area contributed by atoms with Gasteiger partial charge >= 0.3 is 0 Å². The van der Waals surface area contributed by atoms with E-state index in [0.717, 1.165) is 53.6 Å². The quantitative estimate of drug-likeness (QED) is 0.718. The highest BCUT2D eigenvalue weighted by atomic mass is 16.5. The summed E-state index contributed by atoms with van der Waals surface area (Å²) in [4.78, 5) is 16.2. The summed E-state index contributed by atoms with van der Waals surface area (Å²) in [5.41, 5.74) is 4.31. The number of anilines is 1. The van der Waals surface area contributed by atoms with Crippen molar-refractivity contribution in [3.63, 3.8) is 0 Å². The van der Waals surface area contributed by atoms with E-state index in [1.54, 1.807) is 19.5 Å². The van der Waals surface area contributed by atoms with E-state index in [1.165, 1.54) is 12.0 Å². The number of fused-ring (bicyclic) bond motifs is 1. The summed E-state index contributed by atoms with van der Waals surface area (Å²) in [6.07, 6.45) is 6.91. The molecule has 0 radical (unpaired) electrons. The van der Waals surface area contributed by atoms with Gasteiger partial charge < -0.3 is 9.64 Å². The van der Waals surface area contributed by atoms with Gasteiger partial charge in [-0.15, -0.1) is 0 Å². The SMILES string of the molecule is COc1ccc(-c2cc(-c3ncccn3)c3c(n2)N(C)CCCC3)cc1. The van der Waals surface area contributed by atoms with Gasteiger partial charge in [0.2, 0.25) is 0 Å². The third-order valence-electron chi connectivity index (χ3n) is 4.83.